The lowest BCUT2D eigenvalue weighted by Crippen LogP contribution is -2.27. The maximum Gasteiger partial charge on any atom is 0.0452 e. The summed E-state index contributed by atoms with van der Waals surface area (Å²) in [5.74, 6) is 1.32. The third-order valence-electron chi connectivity index (χ3n) is 3.09. The lowest BCUT2D eigenvalue weighted by atomic mass is 9.96. The van der Waals surface area contributed by atoms with Crippen molar-refractivity contribution in [3.05, 3.63) is 33.8 Å². The summed E-state index contributed by atoms with van der Waals surface area (Å²) in [6.07, 6.45) is 2.17. The van der Waals surface area contributed by atoms with Gasteiger partial charge in [0.2, 0.25) is 0 Å². The minimum Gasteiger partial charge on any atom is -0.316 e. The van der Waals surface area contributed by atoms with Gasteiger partial charge in [-0.05, 0) is 49.0 Å². The number of nitrogens with one attached hydrogen (secondary N) is 1. The molecule has 0 heterocycles. The first kappa shape index (κ1) is 15.8. The molecule has 0 saturated carbocycles. The Balaban J connectivity index is 2.51. The maximum absolute atomic E-state index is 6.21. The van der Waals surface area contributed by atoms with Gasteiger partial charge in [0.1, 0.15) is 0 Å². The van der Waals surface area contributed by atoms with E-state index in [0.29, 0.717) is 16.9 Å². The van der Waals surface area contributed by atoms with Crippen molar-refractivity contribution in [2.75, 3.05) is 13.1 Å². The molecule has 0 amide bonds. The number of benzene rings is 1. The average Bonchev–Trinajstić information content (AvgIpc) is 2.30. The van der Waals surface area contributed by atoms with Crippen LogP contribution in [0.2, 0.25) is 10.0 Å². The number of hydrogen-bond acceptors (Lipinski definition) is 1. The summed E-state index contributed by atoms with van der Waals surface area (Å²) >= 11 is 12.1. The molecular formula is C15H23Cl2N. The normalized spacial score (nSPS) is 13.0. The molecule has 1 unspecified atom stereocenters. The summed E-state index contributed by atoms with van der Waals surface area (Å²) in [5.41, 5.74) is 1.19. The van der Waals surface area contributed by atoms with Gasteiger partial charge in [0.05, 0.1) is 0 Å². The van der Waals surface area contributed by atoms with E-state index in [-0.39, 0.29) is 0 Å². The van der Waals surface area contributed by atoms with E-state index in [0.717, 1.165) is 31.0 Å². The topological polar surface area (TPSA) is 12.0 Å². The van der Waals surface area contributed by atoms with E-state index in [1.165, 1.54) is 5.56 Å². The van der Waals surface area contributed by atoms with Gasteiger partial charge < -0.3 is 5.32 Å². The number of halogens is 2. The molecule has 1 aromatic carbocycles. The molecule has 1 nitrogen and oxygen atoms in total. The first-order chi connectivity index (χ1) is 8.52. The van der Waals surface area contributed by atoms with Crippen molar-refractivity contribution in [1.29, 1.82) is 0 Å². The van der Waals surface area contributed by atoms with E-state index in [4.69, 9.17) is 23.2 Å². The van der Waals surface area contributed by atoms with Gasteiger partial charge in [-0.2, -0.15) is 0 Å². The lowest BCUT2D eigenvalue weighted by Gasteiger charge is -2.17. The van der Waals surface area contributed by atoms with Gasteiger partial charge >= 0.3 is 0 Å². The molecule has 0 saturated heterocycles. The summed E-state index contributed by atoms with van der Waals surface area (Å²) in [6, 6.07) is 5.78. The Labute approximate surface area is 121 Å². The molecule has 102 valence electrons. The van der Waals surface area contributed by atoms with Crippen molar-refractivity contribution in [2.45, 2.75) is 33.6 Å². The highest BCUT2D eigenvalue weighted by Crippen LogP contribution is 2.24. The van der Waals surface area contributed by atoms with E-state index < -0.39 is 0 Å². The van der Waals surface area contributed by atoms with Gasteiger partial charge in [-0.15, -0.1) is 0 Å². The van der Waals surface area contributed by atoms with Gasteiger partial charge in [-0.3, -0.25) is 0 Å². The van der Waals surface area contributed by atoms with Crippen molar-refractivity contribution in [3.63, 3.8) is 0 Å². The molecule has 0 fully saturated rings. The van der Waals surface area contributed by atoms with Crippen LogP contribution in [0.3, 0.4) is 0 Å². The van der Waals surface area contributed by atoms with E-state index in [9.17, 15) is 0 Å². The first-order valence-corrected chi connectivity index (χ1v) is 7.43. The molecule has 0 aliphatic carbocycles. The molecule has 3 heteroatoms. The van der Waals surface area contributed by atoms with Gasteiger partial charge in [0.15, 0.2) is 0 Å². The van der Waals surface area contributed by atoms with Crippen molar-refractivity contribution in [1.82, 2.24) is 5.32 Å². The lowest BCUT2D eigenvalue weighted by molar-refractivity contribution is 0.437. The molecule has 1 N–H and O–H groups in total. The second-order valence-corrected chi connectivity index (χ2v) is 6.11. The molecule has 0 aliphatic heterocycles. The quantitative estimate of drug-likeness (QED) is 0.759. The molecule has 0 radical (unpaired) electrons. The minimum atomic E-state index is 0.627. The van der Waals surface area contributed by atoms with E-state index >= 15 is 0 Å². The van der Waals surface area contributed by atoms with Crippen LogP contribution in [0, 0.1) is 11.8 Å². The molecular weight excluding hydrogens is 265 g/mol. The van der Waals surface area contributed by atoms with E-state index in [1.807, 2.05) is 18.2 Å². The molecule has 0 spiro atoms. The Bertz CT molecular complexity index is 364. The number of hydrogen-bond donors (Lipinski definition) is 1. The van der Waals surface area contributed by atoms with Crippen molar-refractivity contribution in [2.24, 2.45) is 11.8 Å². The fourth-order valence-corrected chi connectivity index (χ4v) is 2.42. The third kappa shape index (κ3) is 5.60. The zero-order chi connectivity index (χ0) is 13.5. The maximum atomic E-state index is 6.21. The van der Waals surface area contributed by atoms with E-state index in [1.54, 1.807) is 0 Å². The Morgan fingerprint density at radius 2 is 1.89 bits per heavy atom. The van der Waals surface area contributed by atoms with Gasteiger partial charge in [-0.25, -0.2) is 0 Å². The van der Waals surface area contributed by atoms with Crippen LogP contribution >= 0.6 is 23.2 Å². The van der Waals surface area contributed by atoms with E-state index in [2.05, 4.69) is 26.1 Å². The van der Waals surface area contributed by atoms with Crippen molar-refractivity contribution >= 4 is 23.2 Å². The number of rotatable bonds is 7. The smallest absolute Gasteiger partial charge is 0.0452 e. The van der Waals surface area contributed by atoms with Crippen molar-refractivity contribution < 1.29 is 0 Å². The van der Waals surface area contributed by atoms with Crippen LogP contribution in [0.4, 0.5) is 0 Å². The minimum absolute atomic E-state index is 0.627. The molecule has 1 atom stereocenters. The summed E-state index contributed by atoms with van der Waals surface area (Å²) in [5, 5.41) is 5.00. The summed E-state index contributed by atoms with van der Waals surface area (Å²) < 4.78 is 0. The van der Waals surface area contributed by atoms with Crippen LogP contribution in [0.5, 0.6) is 0 Å². The molecule has 18 heavy (non-hydrogen) atoms. The van der Waals surface area contributed by atoms with Crippen LogP contribution < -0.4 is 5.32 Å². The van der Waals surface area contributed by atoms with Crippen LogP contribution in [0.25, 0.3) is 0 Å². The Morgan fingerprint density at radius 3 is 2.44 bits per heavy atom. The highest BCUT2D eigenvalue weighted by Gasteiger charge is 2.10. The monoisotopic (exact) mass is 287 g/mol. The molecule has 0 bridgehead atoms. The van der Waals surface area contributed by atoms with Crippen LogP contribution in [-0.4, -0.2) is 13.1 Å². The Hall–Kier alpha value is -0.240. The average molecular weight is 288 g/mol. The third-order valence-corrected chi connectivity index (χ3v) is 3.67. The standard InChI is InChI=1S/C15H23Cl2N/c1-4-12(10-18-9-11(2)3)7-13-5-6-14(16)8-15(13)17/h5-6,8,11-12,18H,4,7,9-10H2,1-3H3. The predicted molar refractivity (Wildman–Crippen MR) is 81.7 cm³/mol. The highest BCUT2D eigenvalue weighted by molar-refractivity contribution is 6.35. The summed E-state index contributed by atoms with van der Waals surface area (Å²) in [6.45, 7) is 8.80. The van der Waals surface area contributed by atoms with Crippen LogP contribution in [0.15, 0.2) is 18.2 Å². The highest BCUT2D eigenvalue weighted by atomic mass is 35.5. The second-order valence-electron chi connectivity index (χ2n) is 5.27. The van der Waals surface area contributed by atoms with Crippen LogP contribution in [-0.2, 0) is 6.42 Å². The van der Waals surface area contributed by atoms with Crippen LogP contribution in [0.1, 0.15) is 32.8 Å². The van der Waals surface area contributed by atoms with Gasteiger partial charge in [-0.1, -0.05) is 56.5 Å². The largest absolute Gasteiger partial charge is 0.316 e. The zero-order valence-electron chi connectivity index (χ0n) is 11.5. The van der Waals surface area contributed by atoms with Gasteiger partial charge in [0.25, 0.3) is 0 Å². The predicted octanol–water partition coefficient (Wildman–Crippen LogP) is 4.81. The summed E-state index contributed by atoms with van der Waals surface area (Å²) in [4.78, 5) is 0. The first-order valence-electron chi connectivity index (χ1n) is 6.67. The Kier molecular flexibility index (Phi) is 7.06. The van der Waals surface area contributed by atoms with Crippen molar-refractivity contribution in [3.8, 4) is 0 Å². The molecule has 1 aromatic rings. The zero-order valence-corrected chi connectivity index (χ0v) is 13.0. The molecule has 0 aliphatic rings. The fourth-order valence-electron chi connectivity index (χ4n) is 1.94. The molecule has 1 rings (SSSR count). The summed E-state index contributed by atoms with van der Waals surface area (Å²) in [7, 11) is 0. The second kappa shape index (κ2) is 8.04. The fraction of sp³-hybridized carbons (Fsp3) is 0.600. The SMILES string of the molecule is CCC(CNCC(C)C)Cc1ccc(Cl)cc1Cl. The van der Waals surface area contributed by atoms with Gasteiger partial charge in [0, 0.05) is 10.0 Å². The Morgan fingerprint density at radius 1 is 1.17 bits per heavy atom. The molecule has 0 aromatic heterocycles.